The quantitative estimate of drug-likeness (QED) is 0.811. The Bertz CT molecular complexity index is 401. The zero-order valence-corrected chi connectivity index (χ0v) is 13.2. The van der Waals surface area contributed by atoms with Crippen molar-refractivity contribution in [3.05, 3.63) is 17.0 Å². The molecule has 1 N–H and O–H groups in total. The fraction of sp³-hybridized carbons (Fsp3) is 0.750. The van der Waals surface area contributed by atoms with Crippen LogP contribution in [0.1, 0.15) is 49.6 Å². The van der Waals surface area contributed by atoms with Crippen LogP contribution in [0.3, 0.4) is 0 Å². The van der Waals surface area contributed by atoms with E-state index in [2.05, 4.69) is 31.0 Å². The van der Waals surface area contributed by atoms with E-state index in [1.165, 1.54) is 24.8 Å². The summed E-state index contributed by atoms with van der Waals surface area (Å²) in [5, 5.41) is 3.37. The summed E-state index contributed by atoms with van der Waals surface area (Å²) in [7, 11) is 0. The molecule has 2 rings (SSSR count). The van der Waals surface area contributed by atoms with Crippen LogP contribution in [-0.4, -0.2) is 36.1 Å². The maximum atomic E-state index is 4.75. The Hall–Kier alpha value is -1.16. The fourth-order valence-corrected chi connectivity index (χ4v) is 2.89. The maximum Gasteiger partial charge on any atom is 0.225 e. The molecular weight excluding hydrogens is 248 g/mol. The normalized spacial score (nSPS) is 15.7. The van der Waals surface area contributed by atoms with Crippen LogP contribution in [0, 0.1) is 13.8 Å². The van der Waals surface area contributed by atoms with Gasteiger partial charge in [0.1, 0.15) is 0 Å². The first-order valence-electron chi connectivity index (χ1n) is 8.02. The van der Waals surface area contributed by atoms with Crippen LogP contribution in [0.2, 0.25) is 0 Å². The van der Waals surface area contributed by atoms with E-state index < -0.39 is 0 Å². The Morgan fingerprint density at radius 3 is 2.30 bits per heavy atom. The van der Waals surface area contributed by atoms with Gasteiger partial charge in [-0.15, -0.1) is 0 Å². The highest BCUT2D eigenvalue weighted by Gasteiger charge is 2.16. The third kappa shape index (κ3) is 3.92. The van der Waals surface area contributed by atoms with Gasteiger partial charge in [-0.2, -0.15) is 0 Å². The Morgan fingerprint density at radius 2 is 1.70 bits per heavy atom. The summed E-state index contributed by atoms with van der Waals surface area (Å²) < 4.78 is 0. The molecule has 1 saturated heterocycles. The van der Waals surface area contributed by atoms with Gasteiger partial charge in [0.25, 0.3) is 0 Å². The first-order chi connectivity index (χ1) is 9.72. The van der Waals surface area contributed by atoms with Gasteiger partial charge in [0, 0.05) is 24.5 Å². The number of aromatic nitrogens is 2. The van der Waals surface area contributed by atoms with E-state index in [4.69, 9.17) is 9.97 Å². The van der Waals surface area contributed by atoms with Gasteiger partial charge in [0.2, 0.25) is 5.95 Å². The van der Waals surface area contributed by atoms with E-state index >= 15 is 0 Å². The molecule has 0 amide bonds. The van der Waals surface area contributed by atoms with Crippen LogP contribution < -0.4 is 10.2 Å². The summed E-state index contributed by atoms with van der Waals surface area (Å²) in [6.07, 6.45) is 6.11. The van der Waals surface area contributed by atoms with E-state index in [1.807, 2.05) is 0 Å². The molecule has 0 aromatic carbocycles. The number of hydrogen-bond acceptors (Lipinski definition) is 4. The topological polar surface area (TPSA) is 41.1 Å². The zero-order valence-electron chi connectivity index (χ0n) is 13.2. The van der Waals surface area contributed by atoms with Crippen LogP contribution in [0.5, 0.6) is 0 Å². The minimum absolute atomic E-state index is 0.940. The molecule has 1 aromatic heterocycles. The monoisotopic (exact) mass is 276 g/mol. The SMILES string of the molecule is CCNCCCc1c(C)nc(N2CCCCC2)nc1C. The molecule has 0 saturated carbocycles. The van der Waals surface area contributed by atoms with Crippen molar-refractivity contribution >= 4 is 5.95 Å². The molecule has 112 valence electrons. The summed E-state index contributed by atoms with van der Waals surface area (Å²) in [4.78, 5) is 11.8. The van der Waals surface area contributed by atoms with Crippen LogP contribution in [-0.2, 0) is 6.42 Å². The third-order valence-electron chi connectivity index (χ3n) is 4.08. The lowest BCUT2D eigenvalue weighted by Crippen LogP contribution is -2.31. The number of rotatable bonds is 6. The van der Waals surface area contributed by atoms with Gasteiger partial charge in [0.05, 0.1) is 0 Å². The molecule has 1 aromatic rings. The molecule has 0 bridgehead atoms. The number of hydrogen-bond donors (Lipinski definition) is 1. The van der Waals surface area contributed by atoms with Gasteiger partial charge in [-0.05, 0) is 64.6 Å². The lowest BCUT2D eigenvalue weighted by molar-refractivity contribution is 0.566. The molecule has 1 aliphatic heterocycles. The van der Waals surface area contributed by atoms with Gasteiger partial charge in [-0.3, -0.25) is 0 Å². The number of anilines is 1. The molecule has 0 unspecified atom stereocenters. The number of aryl methyl sites for hydroxylation is 2. The highest BCUT2D eigenvalue weighted by atomic mass is 15.3. The number of nitrogens with zero attached hydrogens (tertiary/aromatic N) is 3. The van der Waals surface area contributed by atoms with Crippen molar-refractivity contribution in [2.45, 2.75) is 52.9 Å². The smallest absolute Gasteiger partial charge is 0.225 e. The van der Waals surface area contributed by atoms with Crippen molar-refractivity contribution in [2.75, 3.05) is 31.1 Å². The predicted octanol–water partition coefficient (Wildman–Crippen LogP) is 2.63. The van der Waals surface area contributed by atoms with Crippen LogP contribution in [0.15, 0.2) is 0 Å². The van der Waals surface area contributed by atoms with Crippen molar-refractivity contribution < 1.29 is 0 Å². The van der Waals surface area contributed by atoms with Crippen molar-refractivity contribution in [2.24, 2.45) is 0 Å². The summed E-state index contributed by atoms with van der Waals surface area (Å²) >= 11 is 0. The highest BCUT2D eigenvalue weighted by Crippen LogP contribution is 2.20. The average molecular weight is 276 g/mol. The van der Waals surface area contributed by atoms with E-state index in [9.17, 15) is 0 Å². The van der Waals surface area contributed by atoms with Crippen molar-refractivity contribution in [1.82, 2.24) is 15.3 Å². The van der Waals surface area contributed by atoms with Crippen molar-refractivity contribution in [3.8, 4) is 0 Å². The van der Waals surface area contributed by atoms with E-state index in [0.29, 0.717) is 0 Å². The third-order valence-corrected chi connectivity index (χ3v) is 4.08. The lowest BCUT2D eigenvalue weighted by atomic mass is 10.1. The van der Waals surface area contributed by atoms with E-state index in [1.54, 1.807) is 0 Å². The molecule has 4 nitrogen and oxygen atoms in total. The second-order valence-electron chi connectivity index (χ2n) is 5.68. The Morgan fingerprint density at radius 1 is 1.05 bits per heavy atom. The van der Waals surface area contributed by atoms with Crippen molar-refractivity contribution in [1.29, 1.82) is 0 Å². The molecule has 0 aliphatic carbocycles. The first-order valence-corrected chi connectivity index (χ1v) is 8.02. The van der Waals surface area contributed by atoms with Gasteiger partial charge in [-0.1, -0.05) is 6.92 Å². The molecule has 20 heavy (non-hydrogen) atoms. The molecule has 2 heterocycles. The van der Waals surface area contributed by atoms with E-state index in [-0.39, 0.29) is 0 Å². The zero-order chi connectivity index (χ0) is 14.4. The molecule has 4 heteroatoms. The van der Waals surface area contributed by atoms with Crippen molar-refractivity contribution in [3.63, 3.8) is 0 Å². The van der Waals surface area contributed by atoms with Gasteiger partial charge in [0.15, 0.2) is 0 Å². The molecule has 0 atom stereocenters. The fourth-order valence-electron chi connectivity index (χ4n) is 2.89. The lowest BCUT2D eigenvalue weighted by Gasteiger charge is -2.27. The largest absolute Gasteiger partial charge is 0.341 e. The Labute approximate surface area is 123 Å². The second-order valence-corrected chi connectivity index (χ2v) is 5.68. The Kier molecular flexibility index (Phi) is 5.77. The maximum absolute atomic E-state index is 4.75. The van der Waals surface area contributed by atoms with Gasteiger partial charge >= 0.3 is 0 Å². The molecule has 0 spiro atoms. The van der Waals surface area contributed by atoms with Gasteiger partial charge < -0.3 is 10.2 Å². The highest BCUT2D eigenvalue weighted by molar-refractivity contribution is 5.37. The number of piperidine rings is 1. The number of nitrogens with one attached hydrogen (secondary N) is 1. The average Bonchev–Trinajstić information content (AvgIpc) is 2.46. The minimum Gasteiger partial charge on any atom is -0.341 e. The second kappa shape index (κ2) is 7.58. The minimum atomic E-state index is 0.940. The molecule has 1 fully saturated rings. The summed E-state index contributed by atoms with van der Waals surface area (Å²) in [5.74, 6) is 0.940. The molecule has 1 aliphatic rings. The van der Waals surface area contributed by atoms with Gasteiger partial charge in [-0.25, -0.2) is 9.97 Å². The van der Waals surface area contributed by atoms with Crippen LogP contribution in [0.4, 0.5) is 5.95 Å². The first kappa shape index (κ1) is 15.2. The van der Waals surface area contributed by atoms with Crippen LogP contribution in [0.25, 0.3) is 0 Å². The standard InChI is InChI=1S/C16H28N4/c1-4-17-10-8-9-15-13(2)18-16(19-14(15)3)20-11-6-5-7-12-20/h17H,4-12H2,1-3H3. The molecule has 0 radical (unpaired) electrons. The summed E-state index contributed by atoms with van der Waals surface area (Å²) in [5.41, 5.74) is 3.66. The molecular formula is C16H28N4. The summed E-state index contributed by atoms with van der Waals surface area (Å²) in [6, 6.07) is 0. The van der Waals surface area contributed by atoms with Crippen LogP contribution >= 0.6 is 0 Å². The Balaban J connectivity index is 2.03. The predicted molar refractivity (Wildman–Crippen MR) is 84.4 cm³/mol. The summed E-state index contributed by atoms with van der Waals surface area (Å²) in [6.45, 7) is 10.7. The van der Waals surface area contributed by atoms with E-state index in [0.717, 1.165) is 56.4 Å².